The first-order valence-electron chi connectivity index (χ1n) is 10.4. The molecule has 1 saturated heterocycles. The minimum absolute atomic E-state index is 0.0316. The summed E-state index contributed by atoms with van der Waals surface area (Å²) in [6, 6.07) is 0. The van der Waals surface area contributed by atoms with Crippen LogP contribution in [0.2, 0.25) is 0 Å². The zero-order valence-corrected chi connectivity index (χ0v) is 16.1. The zero-order chi connectivity index (χ0) is 18.4. The lowest BCUT2D eigenvalue weighted by atomic mass is 9.49. The molecular weight excluding hydrogens is 342 g/mol. The number of aromatic nitrogens is 2. The van der Waals surface area contributed by atoms with Crippen molar-refractivity contribution in [3.63, 3.8) is 0 Å². The molecule has 1 amide bonds. The average molecular weight is 371 g/mol. The average Bonchev–Trinajstić information content (AvgIpc) is 3.09. The van der Waals surface area contributed by atoms with Crippen molar-refractivity contribution >= 4 is 5.91 Å². The van der Waals surface area contributed by atoms with Gasteiger partial charge in [-0.25, -0.2) is 9.97 Å². The Bertz CT molecular complexity index is 687. The van der Waals surface area contributed by atoms with E-state index in [1.807, 2.05) is 4.90 Å². The highest BCUT2D eigenvalue weighted by atomic mass is 16.5. The summed E-state index contributed by atoms with van der Waals surface area (Å²) in [7, 11) is 1.56. The summed E-state index contributed by atoms with van der Waals surface area (Å²) in [6.07, 6.45) is 12.9. The predicted molar refractivity (Wildman–Crippen MR) is 99.4 cm³/mol. The first-order valence-corrected chi connectivity index (χ1v) is 10.4. The molecule has 0 aromatic carbocycles. The minimum Gasteiger partial charge on any atom is -0.477 e. The van der Waals surface area contributed by atoms with Crippen LogP contribution in [0.4, 0.5) is 0 Å². The van der Waals surface area contributed by atoms with Crippen molar-refractivity contribution in [1.82, 2.24) is 14.9 Å². The molecule has 4 bridgehead atoms. The summed E-state index contributed by atoms with van der Waals surface area (Å²) in [5, 5.41) is 0. The number of likely N-dealkylation sites (tertiary alicyclic amines) is 1. The Hall–Kier alpha value is -1.85. The van der Waals surface area contributed by atoms with Crippen LogP contribution in [-0.4, -0.2) is 47.1 Å². The fraction of sp³-hybridized carbons (Fsp3) is 0.762. The topological polar surface area (TPSA) is 64.6 Å². The fourth-order valence-electron chi connectivity index (χ4n) is 6.68. The monoisotopic (exact) mass is 371 g/mol. The van der Waals surface area contributed by atoms with Gasteiger partial charge in [-0.15, -0.1) is 0 Å². The van der Waals surface area contributed by atoms with Gasteiger partial charge in [-0.3, -0.25) is 4.79 Å². The van der Waals surface area contributed by atoms with E-state index >= 15 is 0 Å². The predicted octanol–water partition coefficient (Wildman–Crippen LogP) is 3.07. The van der Waals surface area contributed by atoms with Gasteiger partial charge >= 0.3 is 0 Å². The van der Waals surface area contributed by atoms with E-state index in [1.165, 1.54) is 38.5 Å². The summed E-state index contributed by atoms with van der Waals surface area (Å²) in [6.45, 7) is 1.42. The van der Waals surface area contributed by atoms with Gasteiger partial charge in [-0.05, 0) is 61.7 Å². The highest BCUT2D eigenvalue weighted by molar-refractivity contribution is 5.77. The van der Waals surface area contributed by atoms with Gasteiger partial charge in [0.25, 0.3) is 11.8 Å². The Morgan fingerprint density at radius 1 is 1.11 bits per heavy atom. The molecule has 0 spiro atoms. The molecular formula is C21H29N3O3. The molecule has 27 heavy (non-hydrogen) atoms. The quantitative estimate of drug-likeness (QED) is 0.796. The van der Waals surface area contributed by atoms with E-state index < -0.39 is 0 Å². The van der Waals surface area contributed by atoms with Crippen LogP contribution in [0.5, 0.6) is 11.8 Å². The number of amides is 1. The molecule has 4 saturated carbocycles. The standard InChI is InChI=1S/C21H29N3O3/c1-26-19-20(23-4-3-22-19)27-17-2-5-24(13-17)18(25)12-21-9-14-6-15(10-21)8-16(7-14)11-21/h3-4,14-17H,2,5-13H2,1H3. The molecule has 6 rings (SSSR count). The molecule has 4 aliphatic carbocycles. The molecule has 5 aliphatic rings. The Morgan fingerprint density at radius 2 is 1.74 bits per heavy atom. The third-order valence-electron chi connectivity index (χ3n) is 7.29. The molecule has 1 aromatic heterocycles. The van der Waals surface area contributed by atoms with Gasteiger partial charge < -0.3 is 14.4 Å². The number of carbonyl (C=O) groups excluding carboxylic acids is 1. The molecule has 6 heteroatoms. The summed E-state index contributed by atoms with van der Waals surface area (Å²) in [4.78, 5) is 23.4. The van der Waals surface area contributed by atoms with Gasteiger partial charge in [0, 0.05) is 31.8 Å². The second-order valence-electron chi connectivity index (χ2n) is 9.33. The van der Waals surface area contributed by atoms with Crippen molar-refractivity contribution in [2.24, 2.45) is 23.2 Å². The molecule has 1 atom stereocenters. The number of methoxy groups -OCH3 is 1. The lowest BCUT2D eigenvalue weighted by molar-refractivity contribution is -0.138. The fourth-order valence-corrected chi connectivity index (χ4v) is 6.68. The number of ether oxygens (including phenoxy) is 2. The van der Waals surface area contributed by atoms with Crippen molar-refractivity contribution in [3.8, 4) is 11.8 Å². The van der Waals surface area contributed by atoms with Crippen molar-refractivity contribution < 1.29 is 14.3 Å². The molecule has 1 aromatic rings. The van der Waals surface area contributed by atoms with Gasteiger partial charge in [0.1, 0.15) is 6.10 Å². The lowest BCUT2D eigenvalue weighted by Gasteiger charge is -2.56. The third kappa shape index (κ3) is 3.27. The van der Waals surface area contributed by atoms with Crippen LogP contribution < -0.4 is 9.47 Å². The molecule has 2 heterocycles. The van der Waals surface area contributed by atoms with Gasteiger partial charge in [0.15, 0.2) is 0 Å². The largest absolute Gasteiger partial charge is 0.477 e. The van der Waals surface area contributed by atoms with Crippen molar-refractivity contribution in [3.05, 3.63) is 12.4 Å². The molecule has 1 aliphatic heterocycles. The second kappa shape index (κ2) is 6.64. The Morgan fingerprint density at radius 3 is 2.37 bits per heavy atom. The van der Waals surface area contributed by atoms with Crippen LogP contribution in [-0.2, 0) is 4.79 Å². The molecule has 0 radical (unpaired) electrons. The summed E-state index contributed by atoms with van der Waals surface area (Å²) >= 11 is 0. The summed E-state index contributed by atoms with van der Waals surface area (Å²) in [5.74, 6) is 3.82. The van der Waals surface area contributed by atoms with Crippen LogP contribution in [0.1, 0.15) is 51.4 Å². The van der Waals surface area contributed by atoms with E-state index in [-0.39, 0.29) is 6.10 Å². The van der Waals surface area contributed by atoms with E-state index in [2.05, 4.69) is 9.97 Å². The van der Waals surface area contributed by atoms with Crippen molar-refractivity contribution in [2.75, 3.05) is 20.2 Å². The maximum absolute atomic E-state index is 13.1. The van der Waals surface area contributed by atoms with E-state index in [4.69, 9.17) is 9.47 Å². The number of hydrogen-bond donors (Lipinski definition) is 0. The third-order valence-corrected chi connectivity index (χ3v) is 7.29. The number of carbonyl (C=O) groups is 1. The van der Waals surface area contributed by atoms with Crippen LogP contribution in [0.3, 0.4) is 0 Å². The maximum Gasteiger partial charge on any atom is 0.278 e. The van der Waals surface area contributed by atoms with Crippen LogP contribution >= 0.6 is 0 Å². The highest BCUT2D eigenvalue weighted by Gasteiger charge is 2.52. The molecule has 6 nitrogen and oxygen atoms in total. The lowest BCUT2D eigenvalue weighted by Crippen LogP contribution is -2.48. The molecule has 0 N–H and O–H groups in total. The summed E-state index contributed by atoms with van der Waals surface area (Å²) < 4.78 is 11.2. The van der Waals surface area contributed by atoms with Gasteiger partial charge in [0.2, 0.25) is 5.91 Å². The minimum atomic E-state index is -0.0316. The van der Waals surface area contributed by atoms with Crippen molar-refractivity contribution in [1.29, 1.82) is 0 Å². The molecule has 5 fully saturated rings. The molecule has 146 valence electrons. The first-order chi connectivity index (χ1) is 13.1. The van der Waals surface area contributed by atoms with Gasteiger partial charge in [-0.2, -0.15) is 0 Å². The summed E-state index contributed by atoms with van der Waals surface area (Å²) in [5.41, 5.74) is 0.304. The van der Waals surface area contributed by atoms with Crippen LogP contribution in [0, 0.1) is 23.2 Å². The smallest absolute Gasteiger partial charge is 0.278 e. The second-order valence-corrected chi connectivity index (χ2v) is 9.33. The highest BCUT2D eigenvalue weighted by Crippen LogP contribution is 2.61. The Balaban J connectivity index is 1.20. The van der Waals surface area contributed by atoms with Crippen LogP contribution in [0.25, 0.3) is 0 Å². The van der Waals surface area contributed by atoms with E-state index in [9.17, 15) is 4.79 Å². The number of hydrogen-bond acceptors (Lipinski definition) is 5. The SMILES string of the molecule is COc1nccnc1OC1CCN(C(=O)CC23CC4CC(CC(C4)C2)C3)C1. The number of rotatable bonds is 5. The van der Waals surface area contributed by atoms with Crippen molar-refractivity contribution in [2.45, 2.75) is 57.5 Å². The normalized spacial score (nSPS) is 36.9. The Labute approximate surface area is 160 Å². The Kier molecular flexibility index (Phi) is 4.25. The molecule has 1 unspecified atom stereocenters. The maximum atomic E-state index is 13.1. The zero-order valence-electron chi connectivity index (χ0n) is 16.1. The first kappa shape index (κ1) is 17.3. The van der Waals surface area contributed by atoms with E-state index in [0.29, 0.717) is 29.6 Å². The van der Waals surface area contributed by atoms with Crippen LogP contribution in [0.15, 0.2) is 12.4 Å². The van der Waals surface area contributed by atoms with E-state index in [0.717, 1.165) is 37.1 Å². The number of nitrogens with zero attached hydrogens (tertiary/aromatic N) is 3. The van der Waals surface area contributed by atoms with E-state index in [1.54, 1.807) is 19.5 Å². The van der Waals surface area contributed by atoms with Gasteiger partial charge in [-0.1, -0.05) is 0 Å². The van der Waals surface area contributed by atoms with Gasteiger partial charge in [0.05, 0.1) is 13.7 Å².